The van der Waals surface area contributed by atoms with E-state index in [1.807, 2.05) is 0 Å². The van der Waals surface area contributed by atoms with Gasteiger partial charge < -0.3 is 10.2 Å². The Morgan fingerprint density at radius 3 is 2.14 bits per heavy atom. The van der Waals surface area contributed by atoms with Crippen LogP contribution in [0, 0.1) is 23.7 Å². The summed E-state index contributed by atoms with van der Waals surface area (Å²) in [5.41, 5.74) is -0.498. The standard InChI is InChI=1S/C11H16O3/c12-10(13)9-7-1-6-2-8(9)5-11(14,3-6)4-7/h6-9,14H,1-5H2,(H,12,13). The lowest BCUT2D eigenvalue weighted by atomic mass is 9.50. The second-order valence-electron chi connectivity index (χ2n) is 5.56. The van der Waals surface area contributed by atoms with Gasteiger partial charge in [-0.05, 0) is 49.9 Å². The first-order valence-electron chi connectivity index (χ1n) is 5.53. The van der Waals surface area contributed by atoms with Crippen molar-refractivity contribution in [1.29, 1.82) is 0 Å². The zero-order chi connectivity index (χ0) is 9.92. The van der Waals surface area contributed by atoms with E-state index in [2.05, 4.69) is 0 Å². The van der Waals surface area contributed by atoms with E-state index in [-0.39, 0.29) is 17.8 Å². The first-order chi connectivity index (χ1) is 6.57. The third kappa shape index (κ3) is 1.05. The maximum absolute atomic E-state index is 11.1. The van der Waals surface area contributed by atoms with Gasteiger partial charge in [-0.2, -0.15) is 0 Å². The van der Waals surface area contributed by atoms with E-state index in [1.54, 1.807) is 0 Å². The maximum atomic E-state index is 11.1. The molecule has 0 aromatic heterocycles. The molecule has 0 amide bonds. The van der Waals surface area contributed by atoms with Crippen LogP contribution >= 0.6 is 0 Å². The van der Waals surface area contributed by atoms with Crippen LogP contribution in [-0.4, -0.2) is 21.8 Å². The van der Waals surface area contributed by atoms with E-state index < -0.39 is 11.6 Å². The molecule has 0 aromatic rings. The molecule has 0 spiro atoms. The lowest BCUT2D eigenvalue weighted by Crippen LogP contribution is -2.56. The van der Waals surface area contributed by atoms with Crippen molar-refractivity contribution in [3.63, 3.8) is 0 Å². The molecule has 3 heteroatoms. The van der Waals surface area contributed by atoms with E-state index in [1.165, 1.54) is 0 Å². The summed E-state index contributed by atoms with van der Waals surface area (Å²) >= 11 is 0. The van der Waals surface area contributed by atoms with Crippen molar-refractivity contribution in [3.8, 4) is 0 Å². The zero-order valence-electron chi connectivity index (χ0n) is 8.15. The molecule has 0 heterocycles. The van der Waals surface area contributed by atoms with Crippen LogP contribution < -0.4 is 0 Å². The van der Waals surface area contributed by atoms with Gasteiger partial charge in [-0.15, -0.1) is 0 Å². The summed E-state index contributed by atoms with van der Waals surface area (Å²) in [6.45, 7) is 0. The fraction of sp³-hybridized carbons (Fsp3) is 0.909. The monoisotopic (exact) mass is 196 g/mol. The number of carboxylic acid groups (broad SMARTS) is 1. The number of hydrogen-bond donors (Lipinski definition) is 2. The fourth-order valence-electron chi connectivity index (χ4n) is 4.38. The molecule has 0 aromatic carbocycles. The molecule has 4 fully saturated rings. The van der Waals surface area contributed by atoms with Gasteiger partial charge >= 0.3 is 5.97 Å². The number of carboxylic acids is 1. The molecule has 4 bridgehead atoms. The highest BCUT2D eigenvalue weighted by Gasteiger charge is 2.56. The number of hydrogen-bond acceptors (Lipinski definition) is 2. The minimum absolute atomic E-state index is 0.160. The van der Waals surface area contributed by atoms with Gasteiger partial charge in [0.25, 0.3) is 0 Å². The molecular formula is C11H16O3. The summed E-state index contributed by atoms with van der Waals surface area (Å²) in [5.74, 6) is 0.315. The average Bonchev–Trinajstić information content (AvgIpc) is 1.97. The minimum Gasteiger partial charge on any atom is -0.481 e. The van der Waals surface area contributed by atoms with Crippen LogP contribution in [0.2, 0.25) is 0 Å². The maximum Gasteiger partial charge on any atom is 0.307 e. The number of carbonyl (C=O) groups is 1. The highest BCUT2D eigenvalue weighted by atomic mass is 16.4. The highest BCUT2D eigenvalue weighted by Crippen LogP contribution is 2.58. The van der Waals surface area contributed by atoms with Crippen LogP contribution in [0.1, 0.15) is 32.1 Å². The Morgan fingerprint density at radius 2 is 1.71 bits per heavy atom. The molecule has 78 valence electrons. The normalized spacial score (nSPS) is 54.9. The molecule has 0 radical (unpaired) electrons. The molecule has 4 saturated carbocycles. The van der Waals surface area contributed by atoms with Crippen LogP contribution in [0.15, 0.2) is 0 Å². The van der Waals surface area contributed by atoms with Crippen LogP contribution in [0.4, 0.5) is 0 Å². The third-order valence-corrected chi connectivity index (χ3v) is 4.53. The summed E-state index contributed by atoms with van der Waals surface area (Å²) in [4.78, 5) is 11.1. The second kappa shape index (κ2) is 2.51. The molecule has 0 saturated heterocycles. The molecule has 14 heavy (non-hydrogen) atoms. The van der Waals surface area contributed by atoms with Crippen LogP contribution in [-0.2, 0) is 4.79 Å². The van der Waals surface area contributed by atoms with Crippen molar-refractivity contribution in [3.05, 3.63) is 0 Å². The van der Waals surface area contributed by atoms with Crippen molar-refractivity contribution >= 4 is 5.97 Å². The highest BCUT2D eigenvalue weighted by molar-refractivity contribution is 5.71. The van der Waals surface area contributed by atoms with Gasteiger partial charge in [-0.1, -0.05) is 0 Å². The van der Waals surface area contributed by atoms with Crippen molar-refractivity contribution in [2.75, 3.05) is 0 Å². The molecule has 2 unspecified atom stereocenters. The summed E-state index contributed by atoms with van der Waals surface area (Å²) in [6, 6.07) is 0. The van der Waals surface area contributed by atoms with Crippen LogP contribution in [0.5, 0.6) is 0 Å². The average molecular weight is 196 g/mol. The van der Waals surface area contributed by atoms with Crippen LogP contribution in [0.3, 0.4) is 0 Å². The zero-order valence-corrected chi connectivity index (χ0v) is 8.15. The molecule has 2 atom stereocenters. The van der Waals surface area contributed by atoms with Gasteiger partial charge in [0, 0.05) is 0 Å². The Kier molecular flexibility index (Phi) is 1.56. The Hall–Kier alpha value is -0.570. The predicted molar refractivity (Wildman–Crippen MR) is 49.6 cm³/mol. The summed E-state index contributed by atoms with van der Waals surface area (Å²) < 4.78 is 0. The molecule has 4 aliphatic carbocycles. The summed E-state index contributed by atoms with van der Waals surface area (Å²) in [7, 11) is 0. The van der Waals surface area contributed by atoms with E-state index >= 15 is 0 Å². The molecule has 4 aliphatic rings. The minimum atomic E-state index is -0.637. The first-order valence-corrected chi connectivity index (χ1v) is 5.53. The number of rotatable bonds is 1. The molecule has 4 rings (SSSR count). The largest absolute Gasteiger partial charge is 0.481 e. The Balaban J connectivity index is 1.93. The van der Waals surface area contributed by atoms with Crippen molar-refractivity contribution in [1.82, 2.24) is 0 Å². The Labute approximate surface area is 83.1 Å². The van der Waals surface area contributed by atoms with E-state index in [0.717, 1.165) is 32.1 Å². The smallest absolute Gasteiger partial charge is 0.307 e. The van der Waals surface area contributed by atoms with Gasteiger partial charge in [-0.3, -0.25) is 4.79 Å². The van der Waals surface area contributed by atoms with E-state index in [9.17, 15) is 9.90 Å². The van der Waals surface area contributed by atoms with Gasteiger partial charge in [0.2, 0.25) is 0 Å². The third-order valence-electron chi connectivity index (χ3n) is 4.53. The van der Waals surface area contributed by atoms with E-state index in [0.29, 0.717) is 5.92 Å². The van der Waals surface area contributed by atoms with Gasteiger partial charge in [-0.25, -0.2) is 0 Å². The summed E-state index contributed by atoms with van der Waals surface area (Å²) in [6.07, 6.45) is 4.46. The van der Waals surface area contributed by atoms with E-state index in [4.69, 9.17) is 5.11 Å². The lowest BCUT2D eigenvalue weighted by molar-refractivity contribution is -0.177. The quantitative estimate of drug-likeness (QED) is 0.663. The van der Waals surface area contributed by atoms with Gasteiger partial charge in [0.15, 0.2) is 0 Å². The summed E-state index contributed by atoms with van der Waals surface area (Å²) in [5, 5.41) is 19.4. The number of aliphatic hydroxyl groups is 1. The van der Waals surface area contributed by atoms with Gasteiger partial charge in [0.05, 0.1) is 11.5 Å². The Morgan fingerprint density at radius 1 is 1.14 bits per heavy atom. The topological polar surface area (TPSA) is 57.5 Å². The molecule has 2 N–H and O–H groups in total. The Bertz CT molecular complexity index is 270. The van der Waals surface area contributed by atoms with Crippen molar-refractivity contribution < 1.29 is 15.0 Å². The predicted octanol–water partition coefficient (Wildman–Crippen LogP) is 1.26. The number of aliphatic carboxylic acids is 1. The fourth-order valence-corrected chi connectivity index (χ4v) is 4.38. The van der Waals surface area contributed by atoms with Crippen molar-refractivity contribution in [2.45, 2.75) is 37.7 Å². The molecule has 3 nitrogen and oxygen atoms in total. The molecular weight excluding hydrogens is 180 g/mol. The second-order valence-corrected chi connectivity index (χ2v) is 5.56. The SMILES string of the molecule is O=C(O)C1C2CC3CC1CC(O)(C3)C2. The van der Waals surface area contributed by atoms with Gasteiger partial charge in [0.1, 0.15) is 0 Å². The lowest BCUT2D eigenvalue weighted by Gasteiger charge is -2.56. The van der Waals surface area contributed by atoms with Crippen LogP contribution in [0.25, 0.3) is 0 Å². The molecule has 0 aliphatic heterocycles. The van der Waals surface area contributed by atoms with Crippen molar-refractivity contribution in [2.24, 2.45) is 23.7 Å². The first kappa shape index (κ1) is 8.72.